The van der Waals surface area contributed by atoms with Crippen molar-refractivity contribution in [1.82, 2.24) is 4.90 Å². The van der Waals surface area contributed by atoms with Gasteiger partial charge in [0.05, 0.1) is 12.5 Å². The topological polar surface area (TPSA) is 29.5 Å². The van der Waals surface area contributed by atoms with Gasteiger partial charge in [-0.1, -0.05) is 13.8 Å². The Morgan fingerprint density at radius 2 is 1.94 bits per heavy atom. The van der Waals surface area contributed by atoms with Crippen molar-refractivity contribution in [2.24, 2.45) is 11.8 Å². The molecule has 0 aromatic heterocycles. The fraction of sp³-hybridized carbons (Fsp3) is 0.929. The summed E-state index contributed by atoms with van der Waals surface area (Å²) in [4.78, 5) is 13.9. The number of carbonyl (C=O) groups is 1. The van der Waals surface area contributed by atoms with Crippen LogP contribution < -0.4 is 0 Å². The van der Waals surface area contributed by atoms with Gasteiger partial charge in [0.2, 0.25) is 0 Å². The third kappa shape index (κ3) is 4.66. The van der Waals surface area contributed by atoms with Gasteiger partial charge in [-0.25, -0.2) is 0 Å². The van der Waals surface area contributed by atoms with Crippen molar-refractivity contribution < 1.29 is 9.53 Å². The third-order valence-electron chi connectivity index (χ3n) is 3.86. The van der Waals surface area contributed by atoms with Crippen LogP contribution in [0, 0.1) is 11.8 Å². The summed E-state index contributed by atoms with van der Waals surface area (Å²) in [7, 11) is 2.14. The molecule has 1 fully saturated rings. The molecule has 1 rings (SSSR count). The zero-order valence-corrected chi connectivity index (χ0v) is 11.7. The van der Waals surface area contributed by atoms with Crippen molar-refractivity contribution in [3.05, 3.63) is 0 Å². The second-order valence-corrected chi connectivity index (χ2v) is 5.51. The van der Waals surface area contributed by atoms with Gasteiger partial charge in [-0.3, -0.25) is 4.79 Å². The monoisotopic (exact) mass is 241 g/mol. The molecule has 17 heavy (non-hydrogen) atoms. The average Bonchev–Trinajstić information content (AvgIpc) is 2.30. The zero-order chi connectivity index (χ0) is 12.8. The number of hydrogen-bond donors (Lipinski definition) is 0. The largest absolute Gasteiger partial charge is 0.466 e. The minimum absolute atomic E-state index is 0.0145. The maximum absolute atomic E-state index is 11.6. The molecule has 100 valence electrons. The summed E-state index contributed by atoms with van der Waals surface area (Å²) in [5.74, 6) is 0.796. The highest BCUT2D eigenvalue weighted by Gasteiger charge is 2.24. The van der Waals surface area contributed by atoms with Gasteiger partial charge in [-0.05, 0) is 45.6 Å². The molecule has 0 N–H and O–H groups in total. The highest BCUT2D eigenvalue weighted by Crippen LogP contribution is 2.26. The molecule has 0 amide bonds. The lowest BCUT2D eigenvalue weighted by atomic mass is 9.86. The Balaban J connectivity index is 2.32. The first-order chi connectivity index (χ1) is 8.04. The summed E-state index contributed by atoms with van der Waals surface area (Å²) in [6.45, 7) is 7.44. The molecule has 1 aliphatic rings. The first-order valence-electron chi connectivity index (χ1n) is 6.91. The minimum atomic E-state index is -0.0662. The summed E-state index contributed by atoms with van der Waals surface area (Å²) < 4.78 is 5.04. The lowest BCUT2D eigenvalue weighted by Gasteiger charge is -2.34. The molecule has 1 unspecified atom stereocenters. The average molecular weight is 241 g/mol. The van der Waals surface area contributed by atoms with Crippen molar-refractivity contribution in [2.45, 2.75) is 52.5 Å². The molecule has 1 saturated carbocycles. The smallest absolute Gasteiger partial charge is 0.309 e. The van der Waals surface area contributed by atoms with E-state index in [4.69, 9.17) is 4.74 Å². The fourth-order valence-corrected chi connectivity index (χ4v) is 2.62. The maximum Gasteiger partial charge on any atom is 0.309 e. The predicted molar refractivity (Wildman–Crippen MR) is 69.8 cm³/mol. The standard InChI is InChI=1S/C14H27NO2/c1-5-17-14(16)12(3)10-15(4)13-8-6-11(2)7-9-13/h11-13H,5-10H2,1-4H3. The molecule has 0 spiro atoms. The molecule has 1 aliphatic carbocycles. The molecular weight excluding hydrogens is 214 g/mol. The van der Waals surface area contributed by atoms with Crippen LogP contribution in [0.5, 0.6) is 0 Å². The van der Waals surface area contributed by atoms with E-state index in [0.29, 0.717) is 12.6 Å². The van der Waals surface area contributed by atoms with Crippen molar-refractivity contribution in [1.29, 1.82) is 0 Å². The first-order valence-corrected chi connectivity index (χ1v) is 6.91. The van der Waals surface area contributed by atoms with Crippen molar-refractivity contribution in [3.63, 3.8) is 0 Å². The summed E-state index contributed by atoms with van der Waals surface area (Å²) >= 11 is 0. The van der Waals surface area contributed by atoms with Gasteiger partial charge in [0.1, 0.15) is 0 Å². The Bertz CT molecular complexity index is 234. The lowest BCUT2D eigenvalue weighted by molar-refractivity contribution is -0.148. The van der Waals surface area contributed by atoms with Crippen LogP contribution in [0.2, 0.25) is 0 Å². The Labute approximate surface area is 106 Å². The van der Waals surface area contributed by atoms with Gasteiger partial charge in [0, 0.05) is 12.6 Å². The number of carbonyl (C=O) groups excluding carboxylic acids is 1. The van der Waals surface area contributed by atoms with E-state index >= 15 is 0 Å². The van der Waals surface area contributed by atoms with E-state index in [1.54, 1.807) is 0 Å². The van der Waals surface area contributed by atoms with Gasteiger partial charge in [0.15, 0.2) is 0 Å². The van der Waals surface area contributed by atoms with Crippen LogP contribution in [-0.2, 0) is 9.53 Å². The number of hydrogen-bond acceptors (Lipinski definition) is 3. The molecular formula is C14H27NO2. The van der Waals surface area contributed by atoms with E-state index in [1.807, 2.05) is 13.8 Å². The Morgan fingerprint density at radius 1 is 1.35 bits per heavy atom. The summed E-state index contributed by atoms with van der Waals surface area (Å²) in [5, 5.41) is 0. The highest BCUT2D eigenvalue weighted by molar-refractivity contribution is 5.72. The van der Waals surface area contributed by atoms with Crippen molar-refractivity contribution in [2.75, 3.05) is 20.2 Å². The van der Waals surface area contributed by atoms with Gasteiger partial charge < -0.3 is 9.64 Å². The fourth-order valence-electron chi connectivity index (χ4n) is 2.62. The van der Waals surface area contributed by atoms with Crippen LogP contribution in [-0.4, -0.2) is 37.1 Å². The SMILES string of the molecule is CCOC(=O)C(C)CN(C)C1CCC(C)CC1. The first kappa shape index (κ1) is 14.5. The third-order valence-corrected chi connectivity index (χ3v) is 3.86. The summed E-state index contributed by atoms with van der Waals surface area (Å²) in [6.07, 6.45) is 5.19. The predicted octanol–water partition coefficient (Wildman–Crippen LogP) is 2.70. The van der Waals surface area contributed by atoms with Crippen LogP contribution in [0.4, 0.5) is 0 Å². The van der Waals surface area contributed by atoms with Crippen LogP contribution in [0.25, 0.3) is 0 Å². The van der Waals surface area contributed by atoms with Crippen molar-refractivity contribution >= 4 is 5.97 Å². The molecule has 0 aromatic rings. The van der Waals surface area contributed by atoms with Gasteiger partial charge in [-0.15, -0.1) is 0 Å². The Kier molecular flexibility index (Phi) is 5.96. The normalized spacial score (nSPS) is 26.9. The number of nitrogens with zero attached hydrogens (tertiary/aromatic N) is 1. The molecule has 3 nitrogen and oxygen atoms in total. The lowest BCUT2D eigenvalue weighted by Crippen LogP contribution is -2.39. The van der Waals surface area contributed by atoms with Crippen LogP contribution in [0.3, 0.4) is 0 Å². The Hall–Kier alpha value is -0.570. The second kappa shape index (κ2) is 7.00. The number of rotatable bonds is 5. The second-order valence-electron chi connectivity index (χ2n) is 5.51. The van der Waals surface area contributed by atoms with E-state index < -0.39 is 0 Å². The molecule has 0 aliphatic heterocycles. The maximum atomic E-state index is 11.6. The van der Waals surface area contributed by atoms with E-state index in [0.717, 1.165) is 12.5 Å². The van der Waals surface area contributed by atoms with Gasteiger partial charge in [0.25, 0.3) is 0 Å². The molecule has 0 heterocycles. The molecule has 0 bridgehead atoms. The molecule has 0 saturated heterocycles. The summed E-state index contributed by atoms with van der Waals surface area (Å²) in [5.41, 5.74) is 0. The van der Waals surface area contributed by atoms with Crippen LogP contribution in [0.1, 0.15) is 46.5 Å². The van der Waals surface area contributed by atoms with Crippen molar-refractivity contribution in [3.8, 4) is 0 Å². The van der Waals surface area contributed by atoms with Crippen LogP contribution in [0.15, 0.2) is 0 Å². The van der Waals surface area contributed by atoms with Crippen LogP contribution >= 0.6 is 0 Å². The molecule has 1 atom stereocenters. The number of esters is 1. The zero-order valence-electron chi connectivity index (χ0n) is 11.7. The van der Waals surface area contributed by atoms with E-state index in [-0.39, 0.29) is 11.9 Å². The van der Waals surface area contributed by atoms with E-state index in [1.165, 1.54) is 25.7 Å². The summed E-state index contributed by atoms with van der Waals surface area (Å²) in [6, 6.07) is 0.656. The molecule has 0 aromatic carbocycles. The van der Waals surface area contributed by atoms with Gasteiger partial charge >= 0.3 is 5.97 Å². The Morgan fingerprint density at radius 3 is 2.47 bits per heavy atom. The number of ether oxygens (including phenoxy) is 1. The van der Waals surface area contributed by atoms with E-state index in [9.17, 15) is 4.79 Å². The van der Waals surface area contributed by atoms with E-state index in [2.05, 4.69) is 18.9 Å². The quantitative estimate of drug-likeness (QED) is 0.693. The van der Waals surface area contributed by atoms with Gasteiger partial charge in [-0.2, -0.15) is 0 Å². The minimum Gasteiger partial charge on any atom is -0.466 e. The highest BCUT2D eigenvalue weighted by atomic mass is 16.5. The molecule has 0 radical (unpaired) electrons. The molecule has 3 heteroatoms.